The molecule has 0 aliphatic heterocycles. The van der Waals surface area contributed by atoms with Crippen molar-refractivity contribution in [3.8, 4) is 5.75 Å². The number of benzene rings is 1. The maximum Gasteiger partial charge on any atom is 0.125 e. The van der Waals surface area contributed by atoms with Gasteiger partial charge in [0, 0.05) is 23.5 Å². The monoisotopic (exact) mass is 267 g/mol. The minimum atomic E-state index is 0.528. The summed E-state index contributed by atoms with van der Waals surface area (Å²) >= 11 is 6.01. The predicted molar refractivity (Wildman–Crippen MR) is 76.6 cm³/mol. The number of hydrogen-bond donors (Lipinski definition) is 1. The molecule has 0 bridgehead atoms. The fraction of sp³-hybridized carbons (Fsp3) is 0.600. The summed E-state index contributed by atoms with van der Waals surface area (Å²) in [5.41, 5.74) is 2.23. The van der Waals surface area contributed by atoms with Gasteiger partial charge in [-0.05, 0) is 49.9 Å². The van der Waals surface area contributed by atoms with Gasteiger partial charge in [-0.2, -0.15) is 0 Å². The lowest BCUT2D eigenvalue weighted by atomic mass is 10.1. The summed E-state index contributed by atoms with van der Waals surface area (Å²) in [6.07, 6.45) is 2.67. The lowest BCUT2D eigenvalue weighted by Gasteiger charge is -2.17. The summed E-state index contributed by atoms with van der Waals surface area (Å²) in [5, 5.41) is 4.31. The highest BCUT2D eigenvalue weighted by atomic mass is 35.5. The first-order valence-corrected chi connectivity index (χ1v) is 7.07. The molecule has 0 aromatic heterocycles. The minimum absolute atomic E-state index is 0.528. The Bertz CT molecular complexity index is 392. The molecule has 0 heterocycles. The van der Waals surface area contributed by atoms with Crippen molar-refractivity contribution in [3.63, 3.8) is 0 Å². The average Bonchev–Trinajstić information content (AvgIpc) is 3.08. The Morgan fingerprint density at radius 2 is 1.94 bits per heavy atom. The minimum Gasteiger partial charge on any atom is -0.493 e. The third-order valence-electron chi connectivity index (χ3n) is 3.27. The fourth-order valence-corrected chi connectivity index (χ4v) is 2.39. The average molecular weight is 268 g/mol. The van der Waals surface area contributed by atoms with Crippen molar-refractivity contribution in [2.75, 3.05) is 13.2 Å². The predicted octanol–water partition coefficient (Wildman–Crippen LogP) is 3.72. The van der Waals surface area contributed by atoms with Crippen LogP contribution in [0.1, 0.15) is 30.9 Å². The Hall–Kier alpha value is -0.730. The molecule has 18 heavy (non-hydrogen) atoms. The molecule has 2 nitrogen and oxygen atoms in total. The number of ether oxygens (including phenoxy) is 1. The number of halogens is 1. The molecule has 100 valence electrons. The smallest absolute Gasteiger partial charge is 0.125 e. The van der Waals surface area contributed by atoms with Gasteiger partial charge < -0.3 is 10.1 Å². The molecular formula is C15H22ClNO. The van der Waals surface area contributed by atoms with Crippen LogP contribution in [-0.2, 0) is 0 Å². The molecule has 1 aliphatic rings. The maximum atomic E-state index is 6.01. The van der Waals surface area contributed by atoms with Crippen LogP contribution in [0, 0.1) is 19.8 Å². The van der Waals surface area contributed by atoms with Crippen LogP contribution in [0.2, 0.25) is 5.02 Å². The first-order valence-electron chi connectivity index (χ1n) is 6.69. The second kappa shape index (κ2) is 5.94. The van der Waals surface area contributed by atoms with Gasteiger partial charge in [-0.1, -0.05) is 18.5 Å². The summed E-state index contributed by atoms with van der Waals surface area (Å²) in [5.74, 6) is 1.51. The van der Waals surface area contributed by atoms with E-state index in [1.54, 1.807) is 0 Å². The third kappa shape index (κ3) is 3.89. The van der Waals surface area contributed by atoms with Gasteiger partial charge in [-0.3, -0.25) is 0 Å². The number of hydrogen-bond acceptors (Lipinski definition) is 2. The topological polar surface area (TPSA) is 21.3 Å². The molecule has 1 saturated carbocycles. The second-order valence-corrected chi connectivity index (χ2v) is 5.90. The van der Waals surface area contributed by atoms with E-state index in [0.717, 1.165) is 41.1 Å². The molecule has 1 aromatic rings. The Kier molecular flexibility index (Phi) is 4.52. The molecule has 0 amide bonds. The van der Waals surface area contributed by atoms with Gasteiger partial charge in [0.25, 0.3) is 0 Å². The Morgan fingerprint density at radius 3 is 2.50 bits per heavy atom. The Morgan fingerprint density at radius 1 is 1.33 bits per heavy atom. The normalized spacial score (nSPS) is 16.7. The first kappa shape index (κ1) is 13.7. The van der Waals surface area contributed by atoms with Crippen LogP contribution in [0.5, 0.6) is 5.75 Å². The van der Waals surface area contributed by atoms with Gasteiger partial charge in [0.15, 0.2) is 0 Å². The highest BCUT2D eigenvalue weighted by Gasteiger charge is 2.21. The van der Waals surface area contributed by atoms with Crippen molar-refractivity contribution in [1.29, 1.82) is 0 Å². The van der Waals surface area contributed by atoms with Crippen LogP contribution in [0.25, 0.3) is 0 Å². The summed E-state index contributed by atoms with van der Waals surface area (Å²) in [6.45, 7) is 8.10. The fourth-order valence-electron chi connectivity index (χ4n) is 2.06. The first-order chi connectivity index (χ1) is 8.56. The molecule has 0 saturated heterocycles. The van der Waals surface area contributed by atoms with E-state index in [4.69, 9.17) is 16.3 Å². The third-order valence-corrected chi connectivity index (χ3v) is 3.49. The van der Waals surface area contributed by atoms with Crippen molar-refractivity contribution in [2.45, 2.75) is 39.7 Å². The lowest BCUT2D eigenvalue weighted by Crippen LogP contribution is -2.26. The van der Waals surface area contributed by atoms with Crippen LogP contribution in [0.3, 0.4) is 0 Å². The SMILES string of the molecule is Cc1cc(Cl)cc(C)c1OCC(C)CNC1CC1. The van der Waals surface area contributed by atoms with E-state index in [0.29, 0.717) is 5.92 Å². The van der Waals surface area contributed by atoms with E-state index in [-0.39, 0.29) is 0 Å². The van der Waals surface area contributed by atoms with E-state index >= 15 is 0 Å². The molecule has 1 aromatic carbocycles. The highest BCUT2D eigenvalue weighted by molar-refractivity contribution is 6.30. The summed E-state index contributed by atoms with van der Waals surface area (Å²) in [6, 6.07) is 4.68. The zero-order valence-electron chi connectivity index (χ0n) is 11.4. The van der Waals surface area contributed by atoms with Crippen molar-refractivity contribution in [1.82, 2.24) is 5.32 Å². The van der Waals surface area contributed by atoms with E-state index < -0.39 is 0 Å². The van der Waals surface area contributed by atoms with Gasteiger partial charge in [0.05, 0.1) is 6.61 Å². The van der Waals surface area contributed by atoms with Gasteiger partial charge in [-0.25, -0.2) is 0 Å². The Labute approximate surface area is 115 Å². The lowest BCUT2D eigenvalue weighted by molar-refractivity contribution is 0.252. The van der Waals surface area contributed by atoms with Crippen LogP contribution < -0.4 is 10.1 Å². The quantitative estimate of drug-likeness (QED) is 0.848. The molecule has 0 spiro atoms. The van der Waals surface area contributed by atoms with Crippen molar-refractivity contribution in [2.24, 2.45) is 5.92 Å². The number of nitrogens with one attached hydrogen (secondary N) is 1. The number of rotatable bonds is 6. The molecule has 1 aliphatic carbocycles. The zero-order chi connectivity index (χ0) is 13.1. The van der Waals surface area contributed by atoms with E-state index in [1.807, 2.05) is 26.0 Å². The molecular weight excluding hydrogens is 246 g/mol. The second-order valence-electron chi connectivity index (χ2n) is 5.47. The standard InChI is InChI=1S/C15H22ClNO/c1-10(8-17-14-4-5-14)9-18-15-11(2)6-13(16)7-12(15)3/h6-7,10,14,17H,4-5,8-9H2,1-3H3. The van der Waals surface area contributed by atoms with E-state index in [2.05, 4.69) is 12.2 Å². The molecule has 1 atom stereocenters. The summed E-state index contributed by atoms with van der Waals surface area (Å²) < 4.78 is 5.94. The van der Waals surface area contributed by atoms with Gasteiger partial charge in [0.1, 0.15) is 5.75 Å². The molecule has 2 rings (SSSR count). The molecule has 1 unspecified atom stereocenters. The molecule has 0 radical (unpaired) electrons. The van der Waals surface area contributed by atoms with Crippen molar-refractivity contribution < 1.29 is 4.74 Å². The van der Waals surface area contributed by atoms with Gasteiger partial charge >= 0.3 is 0 Å². The highest BCUT2D eigenvalue weighted by Crippen LogP contribution is 2.27. The summed E-state index contributed by atoms with van der Waals surface area (Å²) in [4.78, 5) is 0. The molecule has 1 fully saturated rings. The van der Waals surface area contributed by atoms with Crippen LogP contribution >= 0.6 is 11.6 Å². The van der Waals surface area contributed by atoms with Gasteiger partial charge in [-0.15, -0.1) is 0 Å². The molecule has 3 heteroatoms. The van der Waals surface area contributed by atoms with Crippen LogP contribution in [-0.4, -0.2) is 19.2 Å². The van der Waals surface area contributed by atoms with Gasteiger partial charge in [0.2, 0.25) is 0 Å². The van der Waals surface area contributed by atoms with E-state index in [9.17, 15) is 0 Å². The van der Waals surface area contributed by atoms with E-state index in [1.165, 1.54) is 12.8 Å². The Balaban J connectivity index is 1.84. The van der Waals surface area contributed by atoms with Crippen LogP contribution in [0.4, 0.5) is 0 Å². The maximum absolute atomic E-state index is 6.01. The van der Waals surface area contributed by atoms with Crippen molar-refractivity contribution in [3.05, 3.63) is 28.3 Å². The van der Waals surface area contributed by atoms with Crippen molar-refractivity contribution >= 4 is 11.6 Å². The zero-order valence-corrected chi connectivity index (χ0v) is 12.2. The number of aryl methyl sites for hydroxylation is 2. The molecule has 1 N–H and O–H groups in total. The van der Waals surface area contributed by atoms with Crippen LogP contribution in [0.15, 0.2) is 12.1 Å². The largest absolute Gasteiger partial charge is 0.493 e. The summed E-state index contributed by atoms with van der Waals surface area (Å²) in [7, 11) is 0.